The standard InChI is InChI=1S/C19H25N/c1-14-3-6-16(7-4-14)8-9-17-10-12-19-18(13-17)11-5-15(2)20-19/h5,10-14,16H,3-4,6-9H2,1-2H3. The number of hydrogen-bond donors (Lipinski definition) is 0. The number of rotatable bonds is 3. The van der Waals surface area contributed by atoms with Crippen molar-refractivity contribution in [3.63, 3.8) is 0 Å². The van der Waals surface area contributed by atoms with Crippen LogP contribution in [0, 0.1) is 18.8 Å². The summed E-state index contributed by atoms with van der Waals surface area (Å²) in [6.45, 7) is 4.45. The smallest absolute Gasteiger partial charge is 0.0705 e. The average Bonchev–Trinajstić information content (AvgIpc) is 2.46. The van der Waals surface area contributed by atoms with Gasteiger partial charge in [0, 0.05) is 11.1 Å². The van der Waals surface area contributed by atoms with Gasteiger partial charge in [0.25, 0.3) is 0 Å². The lowest BCUT2D eigenvalue weighted by atomic mass is 9.80. The maximum Gasteiger partial charge on any atom is 0.0705 e. The minimum atomic E-state index is 0.957. The zero-order valence-electron chi connectivity index (χ0n) is 12.7. The van der Waals surface area contributed by atoms with E-state index in [4.69, 9.17) is 0 Å². The quantitative estimate of drug-likeness (QED) is 0.735. The van der Waals surface area contributed by atoms with Gasteiger partial charge in [-0.2, -0.15) is 0 Å². The van der Waals surface area contributed by atoms with Crippen LogP contribution in [-0.2, 0) is 6.42 Å². The molecule has 1 aliphatic rings. The van der Waals surface area contributed by atoms with E-state index in [0.717, 1.165) is 23.0 Å². The molecule has 106 valence electrons. The van der Waals surface area contributed by atoms with Gasteiger partial charge in [0.1, 0.15) is 0 Å². The Labute approximate surface area is 122 Å². The molecule has 1 heteroatoms. The summed E-state index contributed by atoms with van der Waals surface area (Å²) in [5, 5.41) is 1.28. The molecule has 0 bridgehead atoms. The van der Waals surface area contributed by atoms with E-state index in [-0.39, 0.29) is 0 Å². The lowest BCUT2D eigenvalue weighted by molar-refractivity contribution is 0.278. The molecule has 1 aromatic heterocycles. The molecular weight excluding hydrogens is 242 g/mol. The third kappa shape index (κ3) is 3.20. The Morgan fingerprint density at radius 1 is 1.05 bits per heavy atom. The van der Waals surface area contributed by atoms with Gasteiger partial charge in [0.2, 0.25) is 0 Å². The largest absolute Gasteiger partial charge is 0.253 e. The van der Waals surface area contributed by atoms with E-state index >= 15 is 0 Å². The number of benzene rings is 1. The van der Waals surface area contributed by atoms with Crippen LogP contribution in [0.15, 0.2) is 30.3 Å². The molecule has 0 saturated heterocycles. The van der Waals surface area contributed by atoms with Crippen molar-refractivity contribution in [3.05, 3.63) is 41.6 Å². The molecule has 1 aromatic carbocycles. The highest BCUT2D eigenvalue weighted by Crippen LogP contribution is 2.31. The van der Waals surface area contributed by atoms with Crippen molar-refractivity contribution in [2.24, 2.45) is 11.8 Å². The van der Waals surface area contributed by atoms with Crippen LogP contribution < -0.4 is 0 Å². The average molecular weight is 267 g/mol. The molecule has 0 unspecified atom stereocenters. The maximum atomic E-state index is 4.58. The van der Waals surface area contributed by atoms with Crippen molar-refractivity contribution in [1.82, 2.24) is 4.98 Å². The monoisotopic (exact) mass is 267 g/mol. The zero-order valence-corrected chi connectivity index (χ0v) is 12.7. The lowest BCUT2D eigenvalue weighted by Gasteiger charge is -2.26. The van der Waals surface area contributed by atoms with Crippen molar-refractivity contribution in [2.45, 2.75) is 52.4 Å². The van der Waals surface area contributed by atoms with E-state index in [1.165, 1.54) is 49.5 Å². The van der Waals surface area contributed by atoms with Gasteiger partial charge < -0.3 is 0 Å². The molecular formula is C19H25N. The molecule has 0 aliphatic heterocycles. The maximum absolute atomic E-state index is 4.58. The van der Waals surface area contributed by atoms with Crippen LogP contribution in [0.4, 0.5) is 0 Å². The molecule has 1 fully saturated rings. The highest BCUT2D eigenvalue weighted by atomic mass is 14.7. The van der Waals surface area contributed by atoms with E-state index in [2.05, 4.69) is 49.2 Å². The van der Waals surface area contributed by atoms with Gasteiger partial charge in [-0.05, 0) is 55.4 Å². The molecule has 20 heavy (non-hydrogen) atoms. The minimum Gasteiger partial charge on any atom is -0.253 e. The van der Waals surface area contributed by atoms with Crippen LogP contribution in [0.1, 0.15) is 50.3 Å². The van der Waals surface area contributed by atoms with E-state index in [1.807, 2.05) is 0 Å². The van der Waals surface area contributed by atoms with Crippen LogP contribution in [0.25, 0.3) is 10.9 Å². The molecule has 0 atom stereocenters. The zero-order chi connectivity index (χ0) is 13.9. The molecule has 1 nitrogen and oxygen atoms in total. The SMILES string of the molecule is Cc1ccc2cc(CCC3CCC(C)CC3)ccc2n1. The number of aryl methyl sites for hydroxylation is 2. The van der Waals surface area contributed by atoms with Gasteiger partial charge in [0.15, 0.2) is 0 Å². The number of nitrogens with zero attached hydrogens (tertiary/aromatic N) is 1. The van der Waals surface area contributed by atoms with Gasteiger partial charge in [-0.15, -0.1) is 0 Å². The summed E-state index contributed by atoms with van der Waals surface area (Å²) in [6.07, 6.45) is 8.34. The summed E-state index contributed by atoms with van der Waals surface area (Å²) in [4.78, 5) is 4.58. The predicted octanol–water partition coefficient (Wildman–Crippen LogP) is 5.30. The Bertz CT molecular complexity index is 579. The van der Waals surface area contributed by atoms with Crippen molar-refractivity contribution in [1.29, 1.82) is 0 Å². The summed E-state index contributed by atoms with van der Waals surface area (Å²) in [5.74, 6) is 1.92. The normalized spacial score (nSPS) is 23.1. The van der Waals surface area contributed by atoms with E-state index in [9.17, 15) is 0 Å². The Kier molecular flexibility index (Phi) is 4.05. The summed E-state index contributed by atoms with van der Waals surface area (Å²) in [5.41, 5.74) is 3.70. The van der Waals surface area contributed by atoms with Gasteiger partial charge in [-0.3, -0.25) is 4.98 Å². The Hall–Kier alpha value is -1.37. The van der Waals surface area contributed by atoms with Crippen molar-refractivity contribution in [2.75, 3.05) is 0 Å². The van der Waals surface area contributed by atoms with Gasteiger partial charge in [-0.25, -0.2) is 0 Å². The first kappa shape index (κ1) is 13.6. The summed E-state index contributed by atoms with van der Waals surface area (Å²) < 4.78 is 0. The fourth-order valence-electron chi connectivity index (χ4n) is 3.42. The van der Waals surface area contributed by atoms with E-state index in [0.29, 0.717) is 0 Å². The summed E-state index contributed by atoms with van der Waals surface area (Å²) in [7, 11) is 0. The third-order valence-electron chi connectivity index (χ3n) is 4.87. The number of pyridine rings is 1. The molecule has 1 aliphatic carbocycles. The predicted molar refractivity (Wildman–Crippen MR) is 85.9 cm³/mol. The minimum absolute atomic E-state index is 0.957. The Morgan fingerprint density at radius 3 is 2.65 bits per heavy atom. The molecule has 2 aromatic rings. The molecule has 3 rings (SSSR count). The number of fused-ring (bicyclic) bond motifs is 1. The van der Waals surface area contributed by atoms with Gasteiger partial charge in [0.05, 0.1) is 5.52 Å². The van der Waals surface area contributed by atoms with Crippen molar-refractivity contribution < 1.29 is 0 Å². The molecule has 0 N–H and O–H groups in total. The molecule has 0 spiro atoms. The summed E-state index contributed by atoms with van der Waals surface area (Å²) >= 11 is 0. The fraction of sp³-hybridized carbons (Fsp3) is 0.526. The molecule has 1 saturated carbocycles. The van der Waals surface area contributed by atoms with Gasteiger partial charge in [-0.1, -0.05) is 44.7 Å². The van der Waals surface area contributed by atoms with E-state index in [1.54, 1.807) is 0 Å². The Balaban J connectivity index is 1.64. The lowest BCUT2D eigenvalue weighted by Crippen LogP contribution is -2.12. The number of aromatic nitrogens is 1. The topological polar surface area (TPSA) is 12.9 Å². The first-order valence-corrected chi connectivity index (χ1v) is 8.07. The van der Waals surface area contributed by atoms with Crippen molar-refractivity contribution >= 4 is 10.9 Å². The van der Waals surface area contributed by atoms with Crippen LogP contribution in [0.3, 0.4) is 0 Å². The first-order valence-electron chi connectivity index (χ1n) is 8.07. The van der Waals surface area contributed by atoms with Gasteiger partial charge >= 0.3 is 0 Å². The van der Waals surface area contributed by atoms with Crippen molar-refractivity contribution in [3.8, 4) is 0 Å². The second-order valence-corrected chi connectivity index (χ2v) is 6.64. The summed E-state index contributed by atoms with van der Waals surface area (Å²) in [6, 6.07) is 11.1. The molecule has 0 amide bonds. The first-order chi connectivity index (χ1) is 9.70. The molecule has 0 radical (unpaired) electrons. The number of hydrogen-bond acceptors (Lipinski definition) is 1. The van der Waals surface area contributed by atoms with Crippen LogP contribution in [-0.4, -0.2) is 4.98 Å². The molecule has 1 heterocycles. The van der Waals surface area contributed by atoms with Crippen LogP contribution in [0.2, 0.25) is 0 Å². The van der Waals surface area contributed by atoms with E-state index < -0.39 is 0 Å². The highest BCUT2D eigenvalue weighted by molar-refractivity contribution is 5.79. The highest BCUT2D eigenvalue weighted by Gasteiger charge is 2.17. The Morgan fingerprint density at radius 2 is 1.85 bits per heavy atom. The van der Waals surface area contributed by atoms with Crippen LogP contribution >= 0.6 is 0 Å². The fourth-order valence-corrected chi connectivity index (χ4v) is 3.42. The third-order valence-corrected chi connectivity index (χ3v) is 4.87. The van der Waals surface area contributed by atoms with Crippen LogP contribution in [0.5, 0.6) is 0 Å². The second kappa shape index (κ2) is 5.95. The second-order valence-electron chi connectivity index (χ2n) is 6.64.